The van der Waals surface area contributed by atoms with Crippen molar-refractivity contribution in [2.24, 2.45) is 5.73 Å². The van der Waals surface area contributed by atoms with Crippen molar-refractivity contribution in [1.29, 1.82) is 0 Å². The van der Waals surface area contributed by atoms with Crippen LogP contribution >= 0.6 is 0 Å². The Hall–Kier alpha value is -3.80. The molecular formula is C20H17N3O3. The highest BCUT2D eigenvalue weighted by atomic mass is 16.4. The Labute approximate surface area is 150 Å². The maximum atomic E-state index is 11.7. The first-order valence-electron chi connectivity index (χ1n) is 7.90. The number of nitrogens with two attached hydrogens (primary N) is 1. The fraction of sp³-hybridized carbons (Fsp3) is 0. The lowest BCUT2D eigenvalue weighted by molar-refractivity contribution is 0.0692. The lowest BCUT2D eigenvalue weighted by atomic mass is 10.0. The summed E-state index contributed by atoms with van der Waals surface area (Å²) in [6.45, 7) is 0. The van der Waals surface area contributed by atoms with Gasteiger partial charge in [0.25, 0.3) is 0 Å². The van der Waals surface area contributed by atoms with Crippen LogP contribution in [0, 0.1) is 0 Å². The highest BCUT2D eigenvalue weighted by Gasteiger charge is 2.19. The molecule has 3 rings (SSSR count). The van der Waals surface area contributed by atoms with E-state index in [-0.39, 0.29) is 11.1 Å². The van der Waals surface area contributed by atoms with Gasteiger partial charge in [0.2, 0.25) is 5.91 Å². The second-order valence-electron chi connectivity index (χ2n) is 5.59. The van der Waals surface area contributed by atoms with Crippen molar-refractivity contribution in [2.45, 2.75) is 0 Å². The summed E-state index contributed by atoms with van der Waals surface area (Å²) in [5, 5.41) is 15.8. The number of hydrogen-bond donors (Lipinski definition) is 4. The highest BCUT2D eigenvalue weighted by molar-refractivity contribution is 6.06. The molecule has 1 amide bonds. The molecule has 3 aromatic rings. The first-order valence-corrected chi connectivity index (χ1v) is 7.90. The van der Waals surface area contributed by atoms with Crippen molar-refractivity contribution in [1.82, 2.24) is 0 Å². The van der Waals surface area contributed by atoms with Gasteiger partial charge in [-0.25, -0.2) is 4.79 Å². The lowest BCUT2D eigenvalue weighted by Crippen LogP contribution is -2.17. The molecule has 0 aromatic heterocycles. The van der Waals surface area contributed by atoms with E-state index in [0.29, 0.717) is 11.4 Å². The van der Waals surface area contributed by atoms with E-state index >= 15 is 0 Å². The van der Waals surface area contributed by atoms with Crippen LogP contribution in [0.4, 0.5) is 22.7 Å². The number of carboxylic acids is 1. The fourth-order valence-electron chi connectivity index (χ4n) is 2.54. The molecule has 0 aliphatic rings. The van der Waals surface area contributed by atoms with Gasteiger partial charge in [0.15, 0.2) is 0 Å². The van der Waals surface area contributed by atoms with Gasteiger partial charge in [0, 0.05) is 11.4 Å². The predicted octanol–water partition coefficient (Wildman–Crippen LogP) is 3.97. The normalized spacial score (nSPS) is 10.2. The molecule has 6 heteroatoms. The molecule has 0 unspecified atom stereocenters. The summed E-state index contributed by atoms with van der Waals surface area (Å²) in [4.78, 5) is 23.3. The average molecular weight is 347 g/mol. The molecule has 5 N–H and O–H groups in total. The number of carbonyl (C=O) groups excluding carboxylic acids is 1. The van der Waals surface area contributed by atoms with Gasteiger partial charge in [-0.3, -0.25) is 4.79 Å². The number of nitrogens with one attached hydrogen (secondary N) is 2. The Bertz CT molecular complexity index is 863. The minimum Gasteiger partial charge on any atom is -0.478 e. The number of rotatable bonds is 6. The maximum absolute atomic E-state index is 11.7. The molecule has 0 spiro atoms. The van der Waals surface area contributed by atoms with Crippen LogP contribution in [0.3, 0.4) is 0 Å². The number of hydrogen-bond acceptors (Lipinski definition) is 4. The molecule has 0 saturated carbocycles. The van der Waals surface area contributed by atoms with Crippen molar-refractivity contribution in [2.75, 3.05) is 10.6 Å². The molecule has 26 heavy (non-hydrogen) atoms. The Morgan fingerprint density at radius 2 is 1.15 bits per heavy atom. The van der Waals surface area contributed by atoms with Crippen LogP contribution in [-0.4, -0.2) is 17.0 Å². The zero-order valence-corrected chi connectivity index (χ0v) is 13.8. The van der Waals surface area contributed by atoms with Crippen molar-refractivity contribution in [3.8, 4) is 0 Å². The third-order valence-corrected chi connectivity index (χ3v) is 3.76. The molecule has 0 fully saturated rings. The number of carbonyl (C=O) groups is 2. The molecule has 0 aliphatic heterocycles. The summed E-state index contributed by atoms with van der Waals surface area (Å²) in [6, 6.07) is 21.5. The van der Waals surface area contributed by atoms with Gasteiger partial charge in [0.1, 0.15) is 0 Å². The van der Waals surface area contributed by atoms with E-state index in [2.05, 4.69) is 10.6 Å². The lowest BCUT2D eigenvalue weighted by Gasteiger charge is -2.17. The van der Waals surface area contributed by atoms with Gasteiger partial charge in [-0.1, -0.05) is 36.4 Å². The monoisotopic (exact) mass is 347 g/mol. The summed E-state index contributed by atoms with van der Waals surface area (Å²) in [5.41, 5.74) is 7.78. The van der Waals surface area contributed by atoms with E-state index in [1.165, 1.54) is 12.1 Å². The second kappa shape index (κ2) is 7.40. The summed E-state index contributed by atoms with van der Waals surface area (Å²) >= 11 is 0. The van der Waals surface area contributed by atoms with Crippen LogP contribution in [0.2, 0.25) is 0 Å². The van der Waals surface area contributed by atoms with Crippen LogP contribution in [-0.2, 0) is 0 Å². The van der Waals surface area contributed by atoms with Crippen LogP contribution in [0.25, 0.3) is 0 Å². The van der Waals surface area contributed by atoms with E-state index in [9.17, 15) is 14.7 Å². The van der Waals surface area contributed by atoms with Gasteiger partial charge in [0.05, 0.1) is 22.5 Å². The van der Waals surface area contributed by atoms with Crippen LogP contribution in [0.5, 0.6) is 0 Å². The second-order valence-corrected chi connectivity index (χ2v) is 5.59. The highest BCUT2D eigenvalue weighted by Crippen LogP contribution is 2.32. The number of benzene rings is 3. The van der Waals surface area contributed by atoms with E-state index in [1.54, 1.807) is 0 Å². The van der Waals surface area contributed by atoms with Crippen molar-refractivity contribution < 1.29 is 14.7 Å². The summed E-state index contributed by atoms with van der Waals surface area (Å²) < 4.78 is 0. The molecule has 6 nitrogen and oxygen atoms in total. The van der Waals surface area contributed by atoms with Crippen LogP contribution in [0.15, 0.2) is 72.8 Å². The first-order chi connectivity index (χ1) is 12.5. The quantitative estimate of drug-likeness (QED) is 0.540. The minimum atomic E-state index is -1.22. The Morgan fingerprint density at radius 3 is 1.54 bits per heavy atom. The topological polar surface area (TPSA) is 104 Å². The summed E-state index contributed by atoms with van der Waals surface area (Å²) in [6.07, 6.45) is 0. The largest absolute Gasteiger partial charge is 0.478 e. The van der Waals surface area contributed by atoms with Crippen LogP contribution < -0.4 is 16.4 Å². The average Bonchev–Trinajstić information content (AvgIpc) is 2.64. The Kier molecular flexibility index (Phi) is 4.85. The van der Waals surface area contributed by atoms with Gasteiger partial charge >= 0.3 is 5.97 Å². The molecule has 0 saturated heterocycles. The van der Waals surface area contributed by atoms with Crippen molar-refractivity contribution in [3.63, 3.8) is 0 Å². The number of anilines is 4. The number of aromatic carboxylic acids is 1. The van der Waals surface area contributed by atoms with E-state index in [0.717, 1.165) is 11.4 Å². The zero-order valence-electron chi connectivity index (χ0n) is 13.8. The number of amides is 1. The molecule has 130 valence electrons. The molecule has 0 radical (unpaired) electrons. The predicted molar refractivity (Wildman–Crippen MR) is 101 cm³/mol. The van der Waals surface area contributed by atoms with E-state index in [4.69, 9.17) is 5.73 Å². The van der Waals surface area contributed by atoms with Gasteiger partial charge < -0.3 is 21.5 Å². The van der Waals surface area contributed by atoms with Crippen LogP contribution in [0.1, 0.15) is 20.7 Å². The number of carboxylic acid groups (broad SMARTS) is 1. The minimum absolute atomic E-state index is 0.0606. The third kappa shape index (κ3) is 3.81. The molecule has 3 aromatic carbocycles. The van der Waals surface area contributed by atoms with Crippen molar-refractivity contribution >= 4 is 34.6 Å². The first kappa shape index (κ1) is 17.0. The summed E-state index contributed by atoms with van der Waals surface area (Å²) in [5.74, 6) is -2.02. The maximum Gasteiger partial charge on any atom is 0.336 e. The standard InChI is InChI=1S/C20H17N3O3/c21-19(24)15-11-17(22-13-7-3-1-4-8-13)18(12-16(15)20(25)26)23-14-9-5-2-6-10-14/h1-12,22-23H,(H2,21,24)(H,25,26). The fourth-order valence-corrected chi connectivity index (χ4v) is 2.54. The van der Waals surface area contributed by atoms with Gasteiger partial charge in [-0.2, -0.15) is 0 Å². The third-order valence-electron chi connectivity index (χ3n) is 3.76. The molecular weight excluding hydrogens is 330 g/mol. The molecule has 0 heterocycles. The number of primary amides is 1. The molecule has 0 bridgehead atoms. The van der Waals surface area contributed by atoms with E-state index in [1.807, 2.05) is 60.7 Å². The summed E-state index contributed by atoms with van der Waals surface area (Å²) in [7, 11) is 0. The van der Waals surface area contributed by atoms with Crippen molar-refractivity contribution in [3.05, 3.63) is 83.9 Å². The smallest absolute Gasteiger partial charge is 0.336 e. The molecule has 0 atom stereocenters. The zero-order chi connectivity index (χ0) is 18.5. The van der Waals surface area contributed by atoms with Gasteiger partial charge in [-0.05, 0) is 36.4 Å². The van der Waals surface area contributed by atoms with E-state index < -0.39 is 11.9 Å². The Balaban J connectivity index is 2.10. The van der Waals surface area contributed by atoms with Gasteiger partial charge in [-0.15, -0.1) is 0 Å². The Morgan fingerprint density at radius 1 is 0.731 bits per heavy atom. The SMILES string of the molecule is NC(=O)c1cc(Nc2ccccc2)c(Nc2ccccc2)cc1C(=O)O. The number of para-hydroxylation sites is 2. The molecule has 0 aliphatic carbocycles.